The molecule has 0 aliphatic carbocycles. The first-order valence-corrected chi connectivity index (χ1v) is 11.3. The number of para-hydroxylation sites is 2. The first-order chi connectivity index (χ1) is 14.0. The van der Waals surface area contributed by atoms with Gasteiger partial charge in [-0.1, -0.05) is 18.6 Å². The number of fused-ring (bicyclic) bond motifs is 1. The largest absolute Gasteiger partial charge is 0.352 e. The summed E-state index contributed by atoms with van der Waals surface area (Å²) in [6.45, 7) is 1.56. The van der Waals surface area contributed by atoms with Gasteiger partial charge in [-0.15, -0.1) is 0 Å². The van der Waals surface area contributed by atoms with Crippen molar-refractivity contribution in [2.75, 3.05) is 19.6 Å². The minimum absolute atomic E-state index is 0.233. The Kier molecular flexibility index (Phi) is 5.64. The van der Waals surface area contributed by atoms with E-state index in [-0.39, 0.29) is 10.8 Å². The van der Waals surface area contributed by atoms with Gasteiger partial charge < -0.3 is 10.3 Å². The molecule has 0 unspecified atom stereocenters. The maximum absolute atomic E-state index is 12.7. The molecule has 1 aliphatic rings. The van der Waals surface area contributed by atoms with Crippen molar-refractivity contribution in [1.29, 1.82) is 0 Å². The monoisotopic (exact) mass is 412 g/mol. The summed E-state index contributed by atoms with van der Waals surface area (Å²) >= 11 is 0. The molecule has 0 bridgehead atoms. The van der Waals surface area contributed by atoms with Gasteiger partial charge in [0.25, 0.3) is 5.91 Å². The topological polar surface area (TPSA) is 95.2 Å². The molecular weight excluding hydrogens is 388 g/mol. The first-order valence-electron chi connectivity index (χ1n) is 9.86. The number of hydrogen-bond donors (Lipinski definition) is 2. The lowest BCUT2D eigenvalue weighted by atomic mass is 10.2. The molecule has 152 valence electrons. The summed E-state index contributed by atoms with van der Waals surface area (Å²) in [5, 5.41) is 2.85. The van der Waals surface area contributed by atoms with E-state index in [9.17, 15) is 13.2 Å². The summed E-state index contributed by atoms with van der Waals surface area (Å²) in [4.78, 5) is 20.3. The lowest BCUT2D eigenvalue weighted by molar-refractivity contribution is 0.0954. The molecule has 7 nitrogen and oxygen atoms in total. The quantitative estimate of drug-likeness (QED) is 0.651. The van der Waals surface area contributed by atoms with Crippen molar-refractivity contribution < 1.29 is 13.2 Å². The fraction of sp³-hybridized carbons (Fsp3) is 0.333. The summed E-state index contributed by atoms with van der Waals surface area (Å²) in [6, 6.07) is 13.9. The molecule has 2 N–H and O–H groups in total. The van der Waals surface area contributed by atoms with E-state index in [4.69, 9.17) is 0 Å². The minimum atomic E-state index is -3.48. The number of nitrogens with one attached hydrogen (secondary N) is 2. The van der Waals surface area contributed by atoms with E-state index in [1.807, 2.05) is 24.3 Å². The number of carbonyl (C=O) groups is 1. The van der Waals surface area contributed by atoms with Crippen molar-refractivity contribution in [3.05, 3.63) is 59.9 Å². The number of piperidine rings is 1. The third-order valence-electron chi connectivity index (χ3n) is 5.16. The van der Waals surface area contributed by atoms with Crippen LogP contribution >= 0.6 is 0 Å². The normalized spacial score (nSPS) is 15.4. The average molecular weight is 413 g/mol. The highest BCUT2D eigenvalue weighted by Gasteiger charge is 2.25. The number of H-pyrrole nitrogens is 1. The number of benzene rings is 2. The van der Waals surface area contributed by atoms with Crippen LogP contribution in [0.25, 0.3) is 11.0 Å². The van der Waals surface area contributed by atoms with E-state index < -0.39 is 10.0 Å². The van der Waals surface area contributed by atoms with Crippen molar-refractivity contribution in [3.8, 4) is 0 Å². The SMILES string of the molecule is O=C(NCCc1nc2ccccc2[nH]1)c1ccc(S(=O)(=O)N2CCCCC2)cc1. The Morgan fingerprint density at radius 1 is 1.03 bits per heavy atom. The van der Waals surface area contributed by atoms with Crippen LogP contribution in [-0.2, 0) is 16.4 Å². The molecule has 0 atom stereocenters. The molecule has 2 aromatic carbocycles. The highest BCUT2D eigenvalue weighted by Crippen LogP contribution is 2.20. The lowest BCUT2D eigenvalue weighted by Gasteiger charge is -2.25. The molecule has 1 aliphatic heterocycles. The van der Waals surface area contributed by atoms with Gasteiger partial charge in [0.2, 0.25) is 10.0 Å². The van der Waals surface area contributed by atoms with Gasteiger partial charge in [0.15, 0.2) is 0 Å². The number of amides is 1. The smallest absolute Gasteiger partial charge is 0.251 e. The number of aromatic amines is 1. The van der Waals surface area contributed by atoms with Crippen LogP contribution in [-0.4, -0.2) is 48.2 Å². The molecule has 1 amide bonds. The van der Waals surface area contributed by atoms with Crippen LogP contribution in [0.5, 0.6) is 0 Å². The molecule has 1 aromatic heterocycles. The van der Waals surface area contributed by atoms with Crippen LogP contribution in [0, 0.1) is 0 Å². The van der Waals surface area contributed by atoms with Crippen LogP contribution < -0.4 is 5.32 Å². The third-order valence-corrected chi connectivity index (χ3v) is 7.07. The Bertz CT molecular complexity index is 1070. The number of sulfonamides is 1. The number of hydrogen-bond acceptors (Lipinski definition) is 4. The summed E-state index contributed by atoms with van der Waals surface area (Å²) < 4.78 is 26.9. The number of nitrogens with zero attached hydrogens (tertiary/aromatic N) is 2. The summed E-state index contributed by atoms with van der Waals surface area (Å²) in [6.07, 6.45) is 3.44. The predicted octanol–water partition coefficient (Wildman–Crippen LogP) is 2.71. The van der Waals surface area contributed by atoms with Crippen LogP contribution in [0.4, 0.5) is 0 Å². The maximum Gasteiger partial charge on any atom is 0.251 e. The van der Waals surface area contributed by atoms with Gasteiger partial charge >= 0.3 is 0 Å². The van der Waals surface area contributed by atoms with Crippen molar-refractivity contribution in [2.24, 2.45) is 0 Å². The lowest BCUT2D eigenvalue weighted by Crippen LogP contribution is -2.35. The van der Waals surface area contributed by atoms with Gasteiger partial charge in [0, 0.05) is 31.6 Å². The van der Waals surface area contributed by atoms with E-state index in [0.717, 1.165) is 36.1 Å². The van der Waals surface area contributed by atoms with Gasteiger partial charge in [-0.3, -0.25) is 4.79 Å². The molecule has 0 saturated carbocycles. The summed E-state index contributed by atoms with van der Waals surface area (Å²) in [5.41, 5.74) is 2.31. The van der Waals surface area contributed by atoms with Gasteiger partial charge in [-0.25, -0.2) is 13.4 Å². The van der Waals surface area contributed by atoms with Crippen molar-refractivity contribution in [1.82, 2.24) is 19.6 Å². The van der Waals surface area contributed by atoms with Crippen LogP contribution in [0.3, 0.4) is 0 Å². The average Bonchev–Trinajstić information content (AvgIpc) is 3.17. The van der Waals surface area contributed by atoms with Crippen molar-refractivity contribution in [2.45, 2.75) is 30.6 Å². The zero-order chi connectivity index (χ0) is 20.3. The van der Waals surface area contributed by atoms with Crippen LogP contribution in [0.2, 0.25) is 0 Å². The van der Waals surface area contributed by atoms with Gasteiger partial charge in [0.05, 0.1) is 15.9 Å². The third kappa shape index (κ3) is 4.33. The maximum atomic E-state index is 12.7. The van der Waals surface area contributed by atoms with Crippen molar-refractivity contribution >= 4 is 27.0 Å². The molecule has 2 heterocycles. The molecular formula is C21H24N4O3S. The van der Waals surface area contributed by atoms with E-state index in [1.165, 1.54) is 16.4 Å². The van der Waals surface area contributed by atoms with Crippen LogP contribution in [0.15, 0.2) is 53.4 Å². The Labute approximate surface area is 170 Å². The Morgan fingerprint density at radius 2 is 1.76 bits per heavy atom. The molecule has 0 radical (unpaired) electrons. The fourth-order valence-electron chi connectivity index (χ4n) is 3.55. The predicted molar refractivity (Wildman–Crippen MR) is 111 cm³/mol. The molecule has 4 rings (SSSR count). The molecule has 8 heteroatoms. The molecule has 3 aromatic rings. The van der Waals surface area contributed by atoms with E-state index in [1.54, 1.807) is 12.1 Å². The minimum Gasteiger partial charge on any atom is -0.352 e. The Hall–Kier alpha value is -2.71. The summed E-state index contributed by atoms with van der Waals surface area (Å²) in [5.74, 6) is 0.581. The highest BCUT2D eigenvalue weighted by molar-refractivity contribution is 7.89. The Balaban J connectivity index is 1.35. The molecule has 0 spiro atoms. The second-order valence-electron chi connectivity index (χ2n) is 7.20. The zero-order valence-corrected chi connectivity index (χ0v) is 16.9. The number of aromatic nitrogens is 2. The highest BCUT2D eigenvalue weighted by atomic mass is 32.2. The second kappa shape index (κ2) is 8.34. The number of rotatable bonds is 6. The second-order valence-corrected chi connectivity index (χ2v) is 9.13. The van der Waals surface area contributed by atoms with Crippen LogP contribution in [0.1, 0.15) is 35.4 Å². The van der Waals surface area contributed by atoms with Gasteiger partial charge in [-0.2, -0.15) is 4.31 Å². The van der Waals surface area contributed by atoms with Gasteiger partial charge in [0.1, 0.15) is 5.82 Å². The molecule has 29 heavy (non-hydrogen) atoms. The van der Waals surface area contributed by atoms with E-state index in [2.05, 4.69) is 15.3 Å². The van der Waals surface area contributed by atoms with Crippen molar-refractivity contribution in [3.63, 3.8) is 0 Å². The summed E-state index contributed by atoms with van der Waals surface area (Å²) in [7, 11) is -3.48. The van der Waals surface area contributed by atoms with E-state index in [0.29, 0.717) is 31.6 Å². The molecule has 1 saturated heterocycles. The molecule has 1 fully saturated rings. The fourth-order valence-corrected chi connectivity index (χ4v) is 5.07. The van der Waals surface area contributed by atoms with E-state index >= 15 is 0 Å². The van der Waals surface area contributed by atoms with Gasteiger partial charge in [-0.05, 0) is 49.2 Å². The number of imidazole rings is 1. The Morgan fingerprint density at radius 3 is 2.48 bits per heavy atom. The zero-order valence-electron chi connectivity index (χ0n) is 16.1. The standard InChI is InChI=1S/C21H24N4O3S/c26-21(22-13-12-20-23-18-6-2-3-7-19(18)24-20)16-8-10-17(11-9-16)29(27,28)25-14-4-1-5-15-25/h2-3,6-11H,1,4-5,12-15H2,(H,22,26)(H,23,24). The number of carbonyl (C=O) groups excluding carboxylic acids is 1. The first kappa shape index (κ1) is 19.6.